The molecule has 0 aliphatic rings. The third-order valence-electron chi connectivity index (χ3n) is 2.31. The molecule has 0 amide bonds. The molecule has 0 bridgehead atoms. The Morgan fingerprint density at radius 2 is 2.06 bits per heavy atom. The standard InChI is InChI=1S/C12H10N2O2/c1-8-6-13-5-4-10(8)9-2-3-11(12(15)16)14-7-9/h2-7H,1H3,(H,15,16). The maximum Gasteiger partial charge on any atom is 0.354 e. The van der Waals surface area contributed by atoms with E-state index in [-0.39, 0.29) is 5.69 Å². The van der Waals surface area contributed by atoms with Crippen molar-refractivity contribution in [1.82, 2.24) is 9.97 Å². The zero-order chi connectivity index (χ0) is 11.5. The summed E-state index contributed by atoms with van der Waals surface area (Å²) in [5.41, 5.74) is 2.99. The number of rotatable bonds is 2. The number of carbonyl (C=O) groups is 1. The summed E-state index contributed by atoms with van der Waals surface area (Å²) in [6, 6.07) is 5.13. The first-order chi connectivity index (χ1) is 7.68. The molecule has 2 aromatic heterocycles. The Morgan fingerprint density at radius 1 is 1.25 bits per heavy atom. The summed E-state index contributed by atoms with van der Waals surface area (Å²) in [5.74, 6) is -1.02. The zero-order valence-corrected chi connectivity index (χ0v) is 8.71. The van der Waals surface area contributed by atoms with Gasteiger partial charge in [-0.2, -0.15) is 0 Å². The first kappa shape index (κ1) is 10.3. The fraction of sp³-hybridized carbons (Fsp3) is 0.0833. The number of aromatic carboxylic acids is 1. The highest BCUT2D eigenvalue weighted by molar-refractivity contribution is 5.85. The van der Waals surface area contributed by atoms with E-state index >= 15 is 0 Å². The van der Waals surface area contributed by atoms with Gasteiger partial charge in [0.05, 0.1) is 0 Å². The SMILES string of the molecule is Cc1cnccc1-c1ccc(C(=O)O)nc1. The van der Waals surface area contributed by atoms with Gasteiger partial charge in [-0.1, -0.05) is 6.07 Å². The minimum Gasteiger partial charge on any atom is -0.477 e. The molecule has 4 nitrogen and oxygen atoms in total. The van der Waals surface area contributed by atoms with Crippen molar-refractivity contribution in [2.75, 3.05) is 0 Å². The van der Waals surface area contributed by atoms with E-state index in [9.17, 15) is 4.79 Å². The van der Waals surface area contributed by atoms with Crippen LogP contribution in [-0.4, -0.2) is 21.0 Å². The van der Waals surface area contributed by atoms with E-state index in [1.807, 2.05) is 13.0 Å². The molecule has 0 spiro atoms. The van der Waals surface area contributed by atoms with E-state index < -0.39 is 5.97 Å². The molecule has 0 atom stereocenters. The number of carboxylic acids is 1. The average molecular weight is 214 g/mol. The fourth-order valence-electron chi connectivity index (χ4n) is 1.48. The van der Waals surface area contributed by atoms with Gasteiger partial charge in [-0.15, -0.1) is 0 Å². The van der Waals surface area contributed by atoms with Gasteiger partial charge in [0.15, 0.2) is 0 Å². The molecule has 2 heterocycles. The minimum absolute atomic E-state index is 0.0514. The summed E-state index contributed by atoms with van der Waals surface area (Å²) >= 11 is 0. The molecule has 16 heavy (non-hydrogen) atoms. The third kappa shape index (κ3) is 1.91. The van der Waals surface area contributed by atoms with Crippen LogP contribution < -0.4 is 0 Å². The van der Waals surface area contributed by atoms with Gasteiger partial charge < -0.3 is 5.11 Å². The van der Waals surface area contributed by atoms with Crippen molar-refractivity contribution in [2.24, 2.45) is 0 Å². The molecule has 0 aliphatic carbocycles. The smallest absolute Gasteiger partial charge is 0.354 e. The molecule has 1 N–H and O–H groups in total. The highest BCUT2D eigenvalue weighted by atomic mass is 16.4. The molecule has 4 heteroatoms. The third-order valence-corrected chi connectivity index (χ3v) is 2.31. The van der Waals surface area contributed by atoms with E-state index in [1.54, 1.807) is 24.7 Å². The van der Waals surface area contributed by atoms with E-state index in [4.69, 9.17) is 5.11 Å². The van der Waals surface area contributed by atoms with E-state index in [2.05, 4.69) is 9.97 Å². The van der Waals surface area contributed by atoms with Crippen LogP contribution in [0.2, 0.25) is 0 Å². The topological polar surface area (TPSA) is 63.1 Å². The molecule has 2 aromatic rings. The van der Waals surface area contributed by atoms with Crippen LogP contribution in [-0.2, 0) is 0 Å². The van der Waals surface area contributed by atoms with Crippen molar-refractivity contribution in [3.05, 3.63) is 48.0 Å². The Balaban J connectivity index is 2.43. The first-order valence-corrected chi connectivity index (χ1v) is 4.79. The molecule has 0 aromatic carbocycles. The van der Waals surface area contributed by atoms with E-state index in [0.717, 1.165) is 16.7 Å². The maximum absolute atomic E-state index is 10.6. The minimum atomic E-state index is -1.02. The molecule has 0 radical (unpaired) electrons. The van der Waals surface area contributed by atoms with Gasteiger partial charge in [0.2, 0.25) is 0 Å². The molecule has 0 aliphatic heterocycles. The van der Waals surface area contributed by atoms with Crippen LogP contribution in [0.4, 0.5) is 0 Å². The van der Waals surface area contributed by atoms with Crippen LogP contribution >= 0.6 is 0 Å². The Bertz CT molecular complexity index is 521. The number of hydrogen-bond donors (Lipinski definition) is 1. The van der Waals surface area contributed by atoms with Crippen LogP contribution in [0.25, 0.3) is 11.1 Å². The van der Waals surface area contributed by atoms with Gasteiger partial charge in [-0.25, -0.2) is 9.78 Å². The summed E-state index contributed by atoms with van der Waals surface area (Å²) in [5, 5.41) is 8.73. The lowest BCUT2D eigenvalue weighted by Gasteiger charge is -2.04. The molecular formula is C12H10N2O2. The predicted octanol–water partition coefficient (Wildman–Crippen LogP) is 2.15. The van der Waals surface area contributed by atoms with Crippen molar-refractivity contribution >= 4 is 5.97 Å². The van der Waals surface area contributed by atoms with E-state index in [0.29, 0.717) is 0 Å². The van der Waals surface area contributed by atoms with Crippen LogP contribution in [0.5, 0.6) is 0 Å². The number of nitrogens with zero attached hydrogens (tertiary/aromatic N) is 2. The molecule has 0 unspecified atom stereocenters. The second kappa shape index (κ2) is 4.10. The summed E-state index contributed by atoms with van der Waals surface area (Å²) in [4.78, 5) is 18.5. The number of aromatic nitrogens is 2. The Morgan fingerprint density at radius 3 is 2.62 bits per heavy atom. The summed E-state index contributed by atoms with van der Waals surface area (Å²) in [6.45, 7) is 1.95. The van der Waals surface area contributed by atoms with E-state index in [1.165, 1.54) is 6.07 Å². The Hall–Kier alpha value is -2.23. The quantitative estimate of drug-likeness (QED) is 0.831. The largest absolute Gasteiger partial charge is 0.477 e. The Kier molecular flexibility index (Phi) is 2.64. The average Bonchev–Trinajstić information content (AvgIpc) is 2.30. The van der Waals surface area contributed by atoms with Crippen LogP contribution in [0, 0.1) is 6.92 Å². The lowest BCUT2D eigenvalue weighted by Crippen LogP contribution is -1.99. The monoisotopic (exact) mass is 214 g/mol. The van der Waals surface area contributed by atoms with Gasteiger partial charge in [-0.05, 0) is 30.2 Å². The van der Waals surface area contributed by atoms with Gasteiger partial charge in [0.1, 0.15) is 5.69 Å². The van der Waals surface area contributed by atoms with Gasteiger partial charge in [-0.3, -0.25) is 4.98 Å². The lowest BCUT2D eigenvalue weighted by molar-refractivity contribution is 0.0690. The summed E-state index contributed by atoms with van der Waals surface area (Å²) in [7, 11) is 0. The van der Waals surface area contributed by atoms with Crippen molar-refractivity contribution in [3.63, 3.8) is 0 Å². The predicted molar refractivity (Wildman–Crippen MR) is 59.2 cm³/mol. The molecule has 0 saturated carbocycles. The Labute approximate surface area is 92.6 Å². The second-order valence-electron chi connectivity index (χ2n) is 3.43. The van der Waals surface area contributed by atoms with Crippen molar-refractivity contribution in [1.29, 1.82) is 0 Å². The zero-order valence-electron chi connectivity index (χ0n) is 8.71. The van der Waals surface area contributed by atoms with Crippen LogP contribution in [0.1, 0.15) is 16.1 Å². The second-order valence-corrected chi connectivity index (χ2v) is 3.43. The van der Waals surface area contributed by atoms with Crippen molar-refractivity contribution in [3.8, 4) is 11.1 Å². The van der Waals surface area contributed by atoms with Gasteiger partial charge in [0.25, 0.3) is 0 Å². The number of hydrogen-bond acceptors (Lipinski definition) is 3. The number of aryl methyl sites for hydroxylation is 1. The molecule has 0 saturated heterocycles. The van der Waals surface area contributed by atoms with Gasteiger partial charge in [0, 0.05) is 24.2 Å². The number of pyridine rings is 2. The number of carboxylic acid groups (broad SMARTS) is 1. The molecule has 0 fully saturated rings. The van der Waals surface area contributed by atoms with Gasteiger partial charge >= 0.3 is 5.97 Å². The fourth-order valence-corrected chi connectivity index (χ4v) is 1.48. The van der Waals surface area contributed by atoms with Crippen molar-refractivity contribution in [2.45, 2.75) is 6.92 Å². The maximum atomic E-state index is 10.6. The van der Waals surface area contributed by atoms with Crippen molar-refractivity contribution < 1.29 is 9.90 Å². The summed E-state index contributed by atoms with van der Waals surface area (Å²) in [6.07, 6.45) is 5.03. The first-order valence-electron chi connectivity index (χ1n) is 4.79. The highest BCUT2D eigenvalue weighted by Gasteiger charge is 2.05. The normalized spacial score (nSPS) is 10.1. The highest BCUT2D eigenvalue weighted by Crippen LogP contribution is 2.21. The summed E-state index contributed by atoms with van der Waals surface area (Å²) < 4.78 is 0. The van der Waals surface area contributed by atoms with Crippen LogP contribution in [0.15, 0.2) is 36.8 Å². The molecule has 2 rings (SSSR count). The molecular weight excluding hydrogens is 204 g/mol. The lowest BCUT2D eigenvalue weighted by atomic mass is 10.0. The molecule has 80 valence electrons. The van der Waals surface area contributed by atoms with Crippen LogP contribution in [0.3, 0.4) is 0 Å².